The lowest BCUT2D eigenvalue weighted by atomic mass is 10.0. The number of fused-ring (bicyclic) bond motifs is 3. The third kappa shape index (κ3) is 2.45. The van der Waals surface area contributed by atoms with E-state index in [1.165, 1.54) is 22.7 Å². The standard InChI is InChI=1S/C17H10F5N5O/c18-16(19,17(20,21)22)10-5-11(8-1-2-8)25-14-9(10)3-4-13-24-12(6-27(13)14)15-26-23-7-28-15/h3-8H,1-2H2. The third-order valence-corrected chi connectivity index (χ3v) is 4.69. The summed E-state index contributed by atoms with van der Waals surface area (Å²) in [5.41, 5.74) is -0.358. The highest BCUT2D eigenvalue weighted by atomic mass is 19.4. The van der Waals surface area contributed by atoms with Gasteiger partial charge in [-0.05, 0) is 31.0 Å². The zero-order valence-electron chi connectivity index (χ0n) is 13.9. The van der Waals surface area contributed by atoms with E-state index >= 15 is 0 Å². The fourth-order valence-corrected chi connectivity index (χ4v) is 3.14. The summed E-state index contributed by atoms with van der Waals surface area (Å²) >= 11 is 0. The molecule has 5 rings (SSSR count). The van der Waals surface area contributed by atoms with Gasteiger partial charge in [-0.2, -0.15) is 22.0 Å². The number of hydrogen-bond donors (Lipinski definition) is 0. The van der Waals surface area contributed by atoms with E-state index in [2.05, 4.69) is 20.2 Å². The summed E-state index contributed by atoms with van der Waals surface area (Å²) in [6, 6.07) is 3.39. The topological polar surface area (TPSA) is 69.1 Å². The summed E-state index contributed by atoms with van der Waals surface area (Å²) < 4.78 is 74.2. The Morgan fingerprint density at radius 3 is 2.50 bits per heavy atom. The van der Waals surface area contributed by atoms with E-state index in [9.17, 15) is 22.0 Å². The Hall–Kier alpha value is -3.11. The van der Waals surface area contributed by atoms with Crippen LogP contribution >= 0.6 is 0 Å². The number of halogens is 5. The second-order valence-electron chi connectivity index (χ2n) is 6.61. The maximum atomic E-state index is 14.3. The van der Waals surface area contributed by atoms with Crippen molar-refractivity contribution < 1.29 is 26.4 Å². The lowest BCUT2D eigenvalue weighted by molar-refractivity contribution is -0.288. The van der Waals surface area contributed by atoms with Gasteiger partial charge in [0.2, 0.25) is 6.39 Å². The second kappa shape index (κ2) is 5.46. The number of imidazole rings is 1. The summed E-state index contributed by atoms with van der Waals surface area (Å²) in [5.74, 6) is -5.04. The van der Waals surface area contributed by atoms with E-state index < -0.39 is 17.7 Å². The van der Waals surface area contributed by atoms with Gasteiger partial charge in [-0.3, -0.25) is 4.40 Å². The number of hydrogen-bond acceptors (Lipinski definition) is 5. The molecular weight excluding hydrogens is 385 g/mol. The van der Waals surface area contributed by atoms with Crippen molar-refractivity contribution in [3.8, 4) is 11.6 Å². The molecule has 4 aromatic rings. The number of aromatic nitrogens is 5. The van der Waals surface area contributed by atoms with Gasteiger partial charge in [0.25, 0.3) is 5.89 Å². The Morgan fingerprint density at radius 1 is 1.07 bits per heavy atom. The zero-order valence-corrected chi connectivity index (χ0v) is 13.9. The van der Waals surface area contributed by atoms with Crippen LogP contribution in [0.2, 0.25) is 0 Å². The van der Waals surface area contributed by atoms with Crippen LogP contribution in [0.5, 0.6) is 0 Å². The molecule has 11 heteroatoms. The minimum Gasteiger partial charge on any atom is -0.422 e. The van der Waals surface area contributed by atoms with Gasteiger partial charge < -0.3 is 4.42 Å². The molecule has 4 heterocycles. The van der Waals surface area contributed by atoms with Crippen molar-refractivity contribution in [3.63, 3.8) is 0 Å². The third-order valence-electron chi connectivity index (χ3n) is 4.69. The molecule has 0 amide bonds. The Balaban J connectivity index is 1.82. The molecule has 0 unspecified atom stereocenters. The Kier molecular flexibility index (Phi) is 3.32. The summed E-state index contributed by atoms with van der Waals surface area (Å²) in [5, 5.41) is 6.97. The summed E-state index contributed by atoms with van der Waals surface area (Å²) in [4.78, 5) is 8.62. The minimum atomic E-state index is -5.72. The van der Waals surface area contributed by atoms with Gasteiger partial charge in [-0.15, -0.1) is 10.2 Å². The first-order valence-corrected chi connectivity index (χ1v) is 8.30. The predicted octanol–water partition coefficient (Wildman–Crippen LogP) is 4.46. The highest BCUT2D eigenvalue weighted by Crippen LogP contribution is 2.48. The molecule has 0 saturated heterocycles. The molecule has 6 nitrogen and oxygen atoms in total. The van der Waals surface area contributed by atoms with Crippen LogP contribution in [0.4, 0.5) is 22.0 Å². The molecule has 28 heavy (non-hydrogen) atoms. The van der Waals surface area contributed by atoms with Crippen LogP contribution in [0.15, 0.2) is 35.2 Å². The van der Waals surface area contributed by atoms with Crippen LogP contribution in [0.1, 0.15) is 30.0 Å². The number of nitrogens with zero attached hydrogens (tertiary/aromatic N) is 5. The van der Waals surface area contributed by atoms with Gasteiger partial charge in [0.15, 0.2) is 0 Å². The molecule has 0 N–H and O–H groups in total. The monoisotopic (exact) mass is 395 g/mol. The van der Waals surface area contributed by atoms with Crippen molar-refractivity contribution >= 4 is 16.7 Å². The summed E-state index contributed by atoms with van der Waals surface area (Å²) in [6.45, 7) is 0. The lowest BCUT2D eigenvalue weighted by Crippen LogP contribution is -2.34. The van der Waals surface area contributed by atoms with Crippen molar-refractivity contribution in [2.45, 2.75) is 30.9 Å². The maximum absolute atomic E-state index is 14.3. The molecule has 4 aromatic heterocycles. The molecule has 0 aliphatic heterocycles. The van der Waals surface area contributed by atoms with E-state index in [1.807, 2.05) is 0 Å². The van der Waals surface area contributed by atoms with E-state index in [0.717, 1.165) is 12.5 Å². The fourth-order valence-electron chi connectivity index (χ4n) is 3.14. The molecule has 0 aromatic carbocycles. The van der Waals surface area contributed by atoms with Crippen molar-refractivity contribution in [2.75, 3.05) is 0 Å². The zero-order chi connectivity index (χ0) is 19.7. The molecule has 1 aliphatic carbocycles. The van der Waals surface area contributed by atoms with Gasteiger partial charge in [0.05, 0.1) is 0 Å². The largest absolute Gasteiger partial charge is 0.458 e. The van der Waals surface area contributed by atoms with Gasteiger partial charge >= 0.3 is 12.1 Å². The normalized spacial score (nSPS) is 15.6. The first kappa shape index (κ1) is 17.0. The predicted molar refractivity (Wildman–Crippen MR) is 85.7 cm³/mol. The van der Waals surface area contributed by atoms with E-state index in [1.54, 1.807) is 0 Å². The highest BCUT2D eigenvalue weighted by molar-refractivity contribution is 5.84. The molecule has 0 atom stereocenters. The smallest absolute Gasteiger partial charge is 0.422 e. The van der Waals surface area contributed by atoms with Gasteiger partial charge in [-0.1, -0.05) is 0 Å². The molecule has 144 valence electrons. The van der Waals surface area contributed by atoms with Gasteiger partial charge in [0, 0.05) is 28.8 Å². The van der Waals surface area contributed by atoms with E-state index in [0.29, 0.717) is 18.5 Å². The number of rotatable bonds is 3. The second-order valence-corrected chi connectivity index (χ2v) is 6.61. The fraction of sp³-hybridized carbons (Fsp3) is 0.294. The Bertz CT molecular complexity index is 1190. The number of pyridine rings is 2. The van der Waals surface area contributed by atoms with Crippen LogP contribution < -0.4 is 0 Å². The van der Waals surface area contributed by atoms with Crippen molar-refractivity contribution in [1.29, 1.82) is 0 Å². The quantitative estimate of drug-likeness (QED) is 0.479. The lowest BCUT2D eigenvalue weighted by Gasteiger charge is -2.22. The average Bonchev–Trinajstić information content (AvgIpc) is 3.17. The van der Waals surface area contributed by atoms with E-state index in [-0.39, 0.29) is 34.2 Å². The van der Waals surface area contributed by atoms with E-state index in [4.69, 9.17) is 4.42 Å². The SMILES string of the molecule is FC(F)(F)C(F)(F)c1cc(C2CC2)nc2c1ccc1nc(-c3nnco3)cn12. The molecular formula is C17H10F5N5O. The van der Waals surface area contributed by atoms with Crippen LogP contribution in [0.25, 0.3) is 28.3 Å². The average molecular weight is 395 g/mol. The van der Waals surface area contributed by atoms with Crippen LogP contribution in [-0.4, -0.2) is 30.7 Å². The highest BCUT2D eigenvalue weighted by Gasteiger charge is 2.59. The van der Waals surface area contributed by atoms with Crippen LogP contribution in [0.3, 0.4) is 0 Å². The summed E-state index contributed by atoms with van der Waals surface area (Å²) in [6.07, 6.45) is -1.81. The van der Waals surface area contributed by atoms with Crippen LogP contribution in [-0.2, 0) is 5.92 Å². The van der Waals surface area contributed by atoms with Gasteiger partial charge in [0.1, 0.15) is 17.0 Å². The Labute approximate surface area is 153 Å². The molecule has 0 bridgehead atoms. The molecule has 1 saturated carbocycles. The summed E-state index contributed by atoms with van der Waals surface area (Å²) in [7, 11) is 0. The Morgan fingerprint density at radius 2 is 1.86 bits per heavy atom. The molecule has 0 radical (unpaired) electrons. The molecule has 1 aliphatic rings. The minimum absolute atomic E-state index is 0.0286. The molecule has 0 spiro atoms. The van der Waals surface area contributed by atoms with Crippen molar-refractivity contribution in [1.82, 2.24) is 24.6 Å². The first-order valence-electron chi connectivity index (χ1n) is 8.30. The van der Waals surface area contributed by atoms with Gasteiger partial charge in [-0.25, -0.2) is 9.97 Å². The number of alkyl halides is 5. The van der Waals surface area contributed by atoms with Crippen molar-refractivity contribution in [3.05, 3.63) is 42.0 Å². The first-order chi connectivity index (χ1) is 13.3. The maximum Gasteiger partial charge on any atom is 0.458 e. The molecule has 1 fully saturated rings. The van der Waals surface area contributed by atoms with Crippen LogP contribution in [0, 0.1) is 0 Å². The van der Waals surface area contributed by atoms with Crippen molar-refractivity contribution in [2.24, 2.45) is 0 Å².